The molecule has 0 unspecified atom stereocenters. The number of benzene rings is 2. The monoisotopic (exact) mass is 434 g/mol. The molecule has 2 aromatic carbocycles. The molecule has 0 saturated carbocycles. The highest BCUT2D eigenvalue weighted by Gasteiger charge is 2.22. The van der Waals surface area contributed by atoms with Gasteiger partial charge in [-0.15, -0.1) is 0 Å². The number of ether oxygens (including phenoxy) is 1. The number of rotatable bonds is 9. The zero-order valence-corrected chi connectivity index (χ0v) is 18.9. The van der Waals surface area contributed by atoms with Gasteiger partial charge in [-0.2, -0.15) is 8.42 Å². The Morgan fingerprint density at radius 2 is 1.67 bits per heavy atom. The number of methoxy groups -OCH3 is 1. The number of amides is 2. The molecule has 0 radical (unpaired) electrons. The summed E-state index contributed by atoms with van der Waals surface area (Å²) < 4.78 is 36.0. The number of carbonyl (C=O) groups excluding carboxylic acids is 1. The van der Waals surface area contributed by atoms with Crippen LogP contribution in [0.15, 0.2) is 53.4 Å². The Labute approximate surface area is 179 Å². The Balaban J connectivity index is 2.27. The van der Waals surface area contributed by atoms with Crippen LogP contribution in [0, 0.1) is 5.92 Å². The molecule has 0 aliphatic rings. The van der Waals surface area contributed by atoms with Crippen LogP contribution in [-0.2, 0) is 16.7 Å². The van der Waals surface area contributed by atoms with E-state index >= 15 is 0 Å². The molecule has 164 valence electrons. The van der Waals surface area contributed by atoms with Gasteiger partial charge in [0.05, 0.1) is 13.7 Å². The van der Waals surface area contributed by atoms with E-state index in [2.05, 4.69) is 5.32 Å². The maximum absolute atomic E-state index is 12.7. The van der Waals surface area contributed by atoms with Crippen LogP contribution >= 0.6 is 0 Å². The van der Waals surface area contributed by atoms with Crippen molar-refractivity contribution in [3.8, 4) is 11.5 Å². The second kappa shape index (κ2) is 10.3. The summed E-state index contributed by atoms with van der Waals surface area (Å²) in [6.07, 6.45) is 0. The third-order valence-corrected chi connectivity index (χ3v) is 5.41. The van der Waals surface area contributed by atoms with E-state index in [1.165, 1.54) is 19.2 Å². The maximum Gasteiger partial charge on any atom is 0.339 e. The van der Waals surface area contributed by atoms with E-state index in [4.69, 9.17) is 8.92 Å². The number of urea groups is 1. The molecular weight excluding hydrogens is 404 g/mol. The van der Waals surface area contributed by atoms with E-state index in [-0.39, 0.29) is 35.2 Å². The number of hydrogen-bond donors (Lipinski definition) is 1. The van der Waals surface area contributed by atoms with Crippen molar-refractivity contribution in [1.29, 1.82) is 0 Å². The summed E-state index contributed by atoms with van der Waals surface area (Å²) in [7, 11) is -2.53. The van der Waals surface area contributed by atoms with Gasteiger partial charge in [0.15, 0.2) is 0 Å². The van der Waals surface area contributed by atoms with Gasteiger partial charge >= 0.3 is 16.1 Å². The van der Waals surface area contributed by atoms with Crippen molar-refractivity contribution in [2.24, 2.45) is 5.92 Å². The highest BCUT2D eigenvalue weighted by Crippen LogP contribution is 2.25. The van der Waals surface area contributed by atoms with Crippen LogP contribution in [0.4, 0.5) is 4.79 Å². The van der Waals surface area contributed by atoms with Gasteiger partial charge in [-0.25, -0.2) is 4.79 Å². The molecule has 0 saturated heterocycles. The molecule has 0 atom stereocenters. The summed E-state index contributed by atoms with van der Waals surface area (Å²) in [4.78, 5) is 14.3. The van der Waals surface area contributed by atoms with Gasteiger partial charge in [-0.1, -0.05) is 32.0 Å². The van der Waals surface area contributed by atoms with Gasteiger partial charge in [-0.3, -0.25) is 0 Å². The Morgan fingerprint density at radius 1 is 1.03 bits per heavy atom. The molecule has 30 heavy (non-hydrogen) atoms. The van der Waals surface area contributed by atoms with Crippen molar-refractivity contribution in [3.63, 3.8) is 0 Å². The lowest BCUT2D eigenvalue weighted by atomic mass is 10.1. The normalized spacial score (nSPS) is 11.4. The lowest BCUT2D eigenvalue weighted by molar-refractivity contribution is 0.185. The van der Waals surface area contributed by atoms with Crippen LogP contribution in [0.1, 0.15) is 33.3 Å². The molecule has 0 aromatic heterocycles. The van der Waals surface area contributed by atoms with Gasteiger partial charge in [0, 0.05) is 18.2 Å². The van der Waals surface area contributed by atoms with Crippen LogP contribution in [0.3, 0.4) is 0 Å². The smallest absolute Gasteiger partial charge is 0.339 e. The molecule has 0 bridgehead atoms. The first-order valence-corrected chi connectivity index (χ1v) is 11.2. The van der Waals surface area contributed by atoms with Gasteiger partial charge < -0.3 is 19.1 Å². The fourth-order valence-corrected chi connectivity index (χ4v) is 3.79. The number of para-hydroxylation sites is 1. The summed E-state index contributed by atoms with van der Waals surface area (Å²) in [5, 5.41) is 2.89. The predicted octanol–water partition coefficient (Wildman–Crippen LogP) is 4.04. The van der Waals surface area contributed by atoms with Crippen molar-refractivity contribution >= 4 is 16.1 Å². The first-order valence-electron chi connectivity index (χ1n) is 9.84. The molecule has 0 aliphatic carbocycles. The lowest BCUT2D eigenvalue weighted by Crippen LogP contribution is -2.44. The Bertz CT molecular complexity index is 940. The SMILES string of the molecule is COc1ccc(S(=O)(=O)Oc2ccccc2CN(CC(C)C)C(=O)NC(C)C)cc1. The predicted molar refractivity (Wildman–Crippen MR) is 116 cm³/mol. The average molecular weight is 435 g/mol. The molecule has 2 aromatic rings. The maximum atomic E-state index is 12.7. The average Bonchev–Trinajstić information content (AvgIpc) is 2.68. The molecule has 0 fully saturated rings. The quantitative estimate of drug-likeness (QED) is 0.602. The van der Waals surface area contributed by atoms with E-state index in [9.17, 15) is 13.2 Å². The van der Waals surface area contributed by atoms with Crippen molar-refractivity contribution in [2.45, 2.75) is 45.2 Å². The van der Waals surface area contributed by atoms with Crippen LogP contribution in [0.2, 0.25) is 0 Å². The van der Waals surface area contributed by atoms with Crippen molar-refractivity contribution < 1.29 is 22.1 Å². The fourth-order valence-electron chi connectivity index (χ4n) is 2.83. The molecule has 1 N–H and O–H groups in total. The Morgan fingerprint density at radius 3 is 2.23 bits per heavy atom. The van der Waals surface area contributed by atoms with Gasteiger partial charge in [0.2, 0.25) is 0 Å². The number of carbonyl (C=O) groups is 1. The highest BCUT2D eigenvalue weighted by atomic mass is 32.2. The molecule has 2 amide bonds. The second-order valence-electron chi connectivity index (χ2n) is 7.70. The molecule has 0 heterocycles. The van der Waals surface area contributed by atoms with Gasteiger partial charge in [0.1, 0.15) is 16.4 Å². The van der Waals surface area contributed by atoms with Gasteiger partial charge in [0.25, 0.3) is 0 Å². The first-order chi connectivity index (χ1) is 14.1. The molecule has 0 aliphatic heterocycles. The van der Waals surface area contributed by atoms with Crippen LogP contribution in [0.5, 0.6) is 11.5 Å². The molecule has 0 spiro atoms. The standard InChI is InChI=1S/C22H30N2O5S/c1-16(2)14-24(22(25)23-17(3)4)15-18-8-6-7-9-21(18)29-30(26,27)20-12-10-19(28-5)11-13-20/h6-13,16-17H,14-15H2,1-5H3,(H,23,25). The number of hydrogen-bond acceptors (Lipinski definition) is 5. The fraction of sp³-hybridized carbons (Fsp3) is 0.409. The van der Waals surface area contributed by atoms with Crippen LogP contribution in [-0.4, -0.2) is 39.0 Å². The molecule has 2 rings (SSSR count). The van der Waals surface area contributed by atoms with Crippen LogP contribution < -0.4 is 14.2 Å². The summed E-state index contributed by atoms with van der Waals surface area (Å²) in [5.74, 6) is 0.994. The lowest BCUT2D eigenvalue weighted by Gasteiger charge is -2.26. The van der Waals surface area contributed by atoms with E-state index in [1.54, 1.807) is 41.3 Å². The van der Waals surface area contributed by atoms with E-state index in [0.29, 0.717) is 17.9 Å². The highest BCUT2D eigenvalue weighted by molar-refractivity contribution is 7.87. The molecular formula is C22H30N2O5S. The summed E-state index contributed by atoms with van der Waals surface area (Å²) in [6.45, 7) is 8.58. The van der Waals surface area contributed by atoms with Crippen molar-refractivity contribution in [3.05, 3.63) is 54.1 Å². The second-order valence-corrected chi connectivity index (χ2v) is 9.25. The third-order valence-electron chi connectivity index (χ3n) is 4.17. The van der Waals surface area contributed by atoms with Crippen molar-refractivity contribution in [1.82, 2.24) is 10.2 Å². The Kier molecular flexibility index (Phi) is 8.11. The summed E-state index contributed by atoms with van der Waals surface area (Å²) in [5.41, 5.74) is 0.606. The summed E-state index contributed by atoms with van der Waals surface area (Å²) in [6, 6.07) is 12.6. The minimum absolute atomic E-state index is 0.00546. The van der Waals surface area contributed by atoms with E-state index in [1.807, 2.05) is 27.7 Å². The Hall–Kier alpha value is -2.74. The van der Waals surface area contributed by atoms with Crippen molar-refractivity contribution in [2.75, 3.05) is 13.7 Å². The zero-order chi connectivity index (χ0) is 22.3. The van der Waals surface area contributed by atoms with Crippen LogP contribution in [0.25, 0.3) is 0 Å². The zero-order valence-electron chi connectivity index (χ0n) is 18.1. The number of nitrogens with one attached hydrogen (secondary N) is 1. The first kappa shape index (κ1) is 23.5. The minimum atomic E-state index is -4.03. The third kappa shape index (κ3) is 6.66. The van der Waals surface area contributed by atoms with Gasteiger partial charge in [-0.05, 0) is 50.1 Å². The van der Waals surface area contributed by atoms with E-state index in [0.717, 1.165) is 0 Å². The number of nitrogens with zero attached hydrogens (tertiary/aromatic N) is 1. The molecule has 8 heteroatoms. The van der Waals surface area contributed by atoms with E-state index < -0.39 is 10.1 Å². The summed E-state index contributed by atoms with van der Waals surface area (Å²) >= 11 is 0. The topological polar surface area (TPSA) is 84.9 Å². The largest absolute Gasteiger partial charge is 0.497 e. The molecule has 7 nitrogen and oxygen atoms in total. The minimum Gasteiger partial charge on any atom is -0.497 e.